The Morgan fingerprint density at radius 3 is 2.27 bits per heavy atom. The molecule has 1 amide bonds. The fraction of sp³-hybridized carbons (Fsp3) is 0.667. The van der Waals surface area contributed by atoms with Crippen molar-refractivity contribution in [1.29, 1.82) is 5.41 Å². The quantitative estimate of drug-likeness (QED) is 0.817. The Balaban J connectivity index is 1.58. The summed E-state index contributed by atoms with van der Waals surface area (Å²) < 4.78 is 0. The first-order valence-corrected chi connectivity index (χ1v) is 8.79. The van der Waals surface area contributed by atoms with Crippen LogP contribution in [0.25, 0.3) is 0 Å². The second kappa shape index (κ2) is 4.95. The van der Waals surface area contributed by atoms with Gasteiger partial charge in [0.25, 0.3) is 5.91 Å². The number of carbonyl (C=O) groups excluding carboxylic acids is 1. The van der Waals surface area contributed by atoms with Gasteiger partial charge in [0.15, 0.2) is 0 Å². The molecule has 0 heterocycles. The molecule has 3 N–H and O–H groups in total. The SMILES string of the molecule is N=C1C(C(N)=O)=CC(Cl)=CC1CC12CC3CC(CC(C3)C1)C2. The summed E-state index contributed by atoms with van der Waals surface area (Å²) in [6.07, 6.45) is 12.7. The summed E-state index contributed by atoms with van der Waals surface area (Å²) in [5, 5.41) is 8.92. The van der Waals surface area contributed by atoms with Crippen LogP contribution >= 0.6 is 11.6 Å². The summed E-state index contributed by atoms with van der Waals surface area (Å²) in [6.45, 7) is 0. The van der Waals surface area contributed by atoms with Crippen molar-refractivity contribution in [2.24, 2.45) is 34.8 Å². The third kappa shape index (κ3) is 2.34. The van der Waals surface area contributed by atoms with E-state index < -0.39 is 5.91 Å². The second-order valence-corrected chi connectivity index (χ2v) is 8.55. The van der Waals surface area contributed by atoms with Crippen LogP contribution in [0.15, 0.2) is 22.8 Å². The van der Waals surface area contributed by atoms with Crippen LogP contribution in [0, 0.1) is 34.5 Å². The predicted octanol–water partition coefficient (Wildman–Crippen LogP) is 3.78. The maximum Gasteiger partial charge on any atom is 0.250 e. The lowest BCUT2D eigenvalue weighted by atomic mass is 9.48. The number of rotatable bonds is 3. The minimum absolute atomic E-state index is 0.0451. The van der Waals surface area contributed by atoms with Gasteiger partial charge >= 0.3 is 0 Å². The molecule has 1 atom stereocenters. The molecular formula is C18H23ClN2O. The number of nitrogens with two attached hydrogens (primary N) is 1. The van der Waals surface area contributed by atoms with E-state index in [2.05, 4.69) is 0 Å². The Labute approximate surface area is 136 Å². The lowest BCUT2D eigenvalue weighted by Gasteiger charge is -2.57. The lowest BCUT2D eigenvalue weighted by molar-refractivity contribution is -0.114. The first-order chi connectivity index (χ1) is 10.4. The molecule has 0 radical (unpaired) electrons. The number of allylic oxidation sites excluding steroid dienone is 3. The predicted molar refractivity (Wildman–Crippen MR) is 87.7 cm³/mol. The average molecular weight is 319 g/mol. The molecule has 5 aliphatic rings. The molecule has 1 unspecified atom stereocenters. The van der Waals surface area contributed by atoms with Gasteiger partial charge in [-0.25, -0.2) is 0 Å². The third-order valence-corrected chi connectivity index (χ3v) is 6.62. The highest BCUT2D eigenvalue weighted by Crippen LogP contribution is 2.62. The Morgan fingerprint density at radius 2 is 1.77 bits per heavy atom. The van der Waals surface area contributed by atoms with Crippen LogP contribution in [0.2, 0.25) is 0 Å². The molecule has 118 valence electrons. The van der Waals surface area contributed by atoms with E-state index in [0.29, 0.717) is 21.7 Å². The van der Waals surface area contributed by atoms with Crippen molar-refractivity contribution in [2.45, 2.75) is 44.9 Å². The fourth-order valence-corrected chi connectivity index (χ4v) is 6.37. The van der Waals surface area contributed by atoms with Crippen LogP contribution in [-0.2, 0) is 4.79 Å². The van der Waals surface area contributed by atoms with Crippen molar-refractivity contribution in [3.8, 4) is 0 Å². The number of hydrogen-bond donors (Lipinski definition) is 2. The van der Waals surface area contributed by atoms with Gasteiger partial charge in [0.2, 0.25) is 0 Å². The summed E-state index contributed by atoms with van der Waals surface area (Å²) in [5.74, 6) is 2.11. The highest BCUT2D eigenvalue weighted by molar-refractivity contribution is 6.34. The van der Waals surface area contributed by atoms with Gasteiger partial charge in [-0.05, 0) is 74.2 Å². The van der Waals surface area contributed by atoms with E-state index in [9.17, 15) is 4.79 Å². The maximum absolute atomic E-state index is 11.5. The Kier molecular flexibility index (Phi) is 3.26. The third-order valence-electron chi connectivity index (χ3n) is 6.39. The van der Waals surface area contributed by atoms with Crippen molar-refractivity contribution in [2.75, 3.05) is 0 Å². The molecule has 0 aromatic rings. The summed E-state index contributed by atoms with van der Waals surface area (Å²) in [4.78, 5) is 11.5. The number of halogens is 1. The molecule has 4 bridgehead atoms. The molecule has 3 nitrogen and oxygen atoms in total. The van der Waals surface area contributed by atoms with Crippen LogP contribution in [0.1, 0.15) is 44.9 Å². The van der Waals surface area contributed by atoms with Crippen LogP contribution in [0.5, 0.6) is 0 Å². The van der Waals surface area contributed by atoms with Gasteiger partial charge in [0, 0.05) is 11.0 Å². The number of hydrogen-bond acceptors (Lipinski definition) is 2. The normalized spacial score (nSPS) is 43.0. The lowest BCUT2D eigenvalue weighted by Crippen LogP contribution is -2.47. The first kappa shape index (κ1) is 14.5. The number of primary amides is 1. The standard InChI is InChI=1S/C18H23ClN2O/c19-14-4-13(16(20)15(5-14)17(21)22)9-18-6-10-1-11(7-18)3-12(2-10)8-18/h4-5,10-13,20H,1-3,6-9H2,(H2,21,22). The second-order valence-electron chi connectivity index (χ2n) is 8.12. The van der Waals surface area contributed by atoms with E-state index in [0.717, 1.165) is 24.2 Å². The topological polar surface area (TPSA) is 66.9 Å². The van der Waals surface area contributed by atoms with Crippen LogP contribution < -0.4 is 5.73 Å². The van der Waals surface area contributed by atoms with Crippen molar-refractivity contribution in [1.82, 2.24) is 0 Å². The van der Waals surface area contributed by atoms with Gasteiger partial charge in [0.1, 0.15) is 0 Å². The molecule has 5 rings (SSSR count). The summed E-state index contributed by atoms with van der Waals surface area (Å²) in [6, 6.07) is 0. The molecule has 4 fully saturated rings. The van der Waals surface area contributed by atoms with E-state index in [1.54, 1.807) is 6.08 Å². The molecule has 4 saturated carbocycles. The Bertz CT molecular complexity index is 569. The van der Waals surface area contributed by atoms with Gasteiger partial charge in [-0.1, -0.05) is 17.7 Å². The smallest absolute Gasteiger partial charge is 0.250 e. The zero-order chi connectivity index (χ0) is 15.5. The molecule has 22 heavy (non-hydrogen) atoms. The van der Waals surface area contributed by atoms with Crippen LogP contribution in [-0.4, -0.2) is 11.6 Å². The highest BCUT2D eigenvalue weighted by atomic mass is 35.5. The van der Waals surface area contributed by atoms with Crippen molar-refractivity contribution in [3.05, 3.63) is 22.8 Å². The molecule has 0 aliphatic heterocycles. The Morgan fingerprint density at radius 1 is 1.23 bits per heavy atom. The largest absolute Gasteiger partial charge is 0.366 e. The van der Waals surface area contributed by atoms with Gasteiger partial charge in [0.05, 0.1) is 11.3 Å². The van der Waals surface area contributed by atoms with Gasteiger partial charge in [-0.3, -0.25) is 4.79 Å². The van der Waals surface area contributed by atoms with E-state index in [-0.39, 0.29) is 5.92 Å². The molecule has 0 aromatic heterocycles. The van der Waals surface area contributed by atoms with E-state index in [1.807, 2.05) is 6.08 Å². The molecular weight excluding hydrogens is 296 g/mol. The minimum atomic E-state index is -0.535. The summed E-state index contributed by atoms with van der Waals surface area (Å²) in [5.41, 5.74) is 6.45. The number of nitrogens with one attached hydrogen (secondary N) is 1. The maximum atomic E-state index is 11.5. The van der Waals surface area contributed by atoms with Crippen molar-refractivity contribution >= 4 is 23.2 Å². The average Bonchev–Trinajstić information content (AvgIpc) is 2.40. The van der Waals surface area contributed by atoms with Crippen LogP contribution in [0.4, 0.5) is 0 Å². The monoisotopic (exact) mass is 318 g/mol. The van der Waals surface area contributed by atoms with E-state index in [1.165, 1.54) is 38.5 Å². The fourth-order valence-electron chi connectivity index (χ4n) is 6.11. The first-order valence-electron chi connectivity index (χ1n) is 8.42. The van der Waals surface area contributed by atoms with Gasteiger partial charge in [-0.15, -0.1) is 0 Å². The number of carbonyl (C=O) groups is 1. The Hall–Kier alpha value is -1.09. The highest BCUT2D eigenvalue weighted by Gasteiger charge is 2.51. The van der Waals surface area contributed by atoms with Gasteiger partial charge < -0.3 is 11.1 Å². The van der Waals surface area contributed by atoms with E-state index in [4.69, 9.17) is 22.7 Å². The molecule has 0 spiro atoms. The van der Waals surface area contributed by atoms with Crippen molar-refractivity contribution in [3.63, 3.8) is 0 Å². The van der Waals surface area contributed by atoms with Crippen LogP contribution in [0.3, 0.4) is 0 Å². The zero-order valence-corrected chi connectivity index (χ0v) is 13.5. The summed E-state index contributed by atoms with van der Waals surface area (Å²) >= 11 is 6.18. The van der Waals surface area contributed by atoms with E-state index >= 15 is 0 Å². The van der Waals surface area contributed by atoms with Gasteiger partial charge in [-0.2, -0.15) is 0 Å². The molecule has 0 aromatic carbocycles. The summed E-state index contributed by atoms with van der Waals surface area (Å²) in [7, 11) is 0. The zero-order valence-electron chi connectivity index (χ0n) is 12.8. The minimum Gasteiger partial charge on any atom is -0.366 e. The molecule has 0 saturated heterocycles. The number of amides is 1. The van der Waals surface area contributed by atoms with Crippen molar-refractivity contribution < 1.29 is 4.79 Å². The molecule has 5 aliphatic carbocycles. The molecule has 4 heteroatoms.